The van der Waals surface area contributed by atoms with E-state index >= 15 is 0 Å². The number of carbonyl (C=O) groups excluding carboxylic acids is 1. The summed E-state index contributed by atoms with van der Waals surface area (Å²) in [6.45, 7) is 4.88. The van der Waals surface area contributed by atoms with E-state index in [1.165, 1.54) is 0 Å². The van der Waals surface area contributed by atoms with Gasteiger partial charge in [-0.15, -0.1) is 11.3 Å². The summed E-state index contributed by atoms with van der Waals surface area (Å²) >= 11 is 1.55. The summed E-state index contributed by atoms with van der Waals surface area (Å²) in [6, 6.07) is 0. The zero-order valence-corrected chi connectivity index (χ0v) is 11.8. The summed E-state index contributed by atoms with van der Waals surface area (Å²) in [5.74, 6) is -0.185. The van der Waals surface area contributed by atoms with Gasteiger partial charge in [0, 0.05) is 24.9 Å². The molecule has 7 heteroatoms. The number of amides is 1. The standard InChI is InChI=1S/C12H17N5OS/c1-3-17-11(10(13)8(2)16-17)12(18)14-5-4-9-6-19-7-15-9/h6-7H,3-5,13H2,1-2H3,(H,14,18). The molecule has 0 fully saturated rings. The zero-order chi connectivity index (χ0) is 13.8. The third kappa shape index (κ3) is 2.93. The van der Waals surface area contributed by atoms with Crippen LogP contribution in [0.5, 0.6) is 0 Å². The highest BCUT2D eigenvalue weighted by Crippen LogP contribution is 2.16. The van der Waals surface area contributed by atoms with Gasteiger partial charge in [0.1, 0.15) is 5.69 Å². The van der Waals surface area contributed by atoms with Crippen LogP contribution in [-0.4, -0.2) is 27.2 Å². The van der Waals surface area contributed by atoms with Crippen molar-refractivity contribution in [1.29, 1.82) is 0 Å². The minimum absolute atomic E-state index is 0.185. The molecule has 0 aliphatic heterocycles. The van der Waals surface area contributed by atoms with Crippen LogP contribution in [0.1, 0.15) is 28.8 Å². The van der Waals surface area contributed by atoms with Gasteiger partial charge in [0.15, 0.2) is 0 Å². The molecule has 0 unspecified atom stereocenters. The number of nitrogens with zero attached hydrogens (tertiary/aromatic N) is 3. The van der Waals surface area contributed by atoms with Crippen LogP contribution in [0.15, 0.2) is 10.9 Å². The second-order valence-electron chi connectivity index (χ2n) is 4.15. The smallest absolute Gasteiger partial charge is 0.271 e. The van der Waals surface area contributed by atoms with Crippen molar-refractivity contribution in [2.24, 2.45) is 0 Å². The van der Waals surface area contributed by atoms with Crippen LogP contribution in [0.4, 0.5) is 5.69 Å². The first-order chi connectivity index (χ1) is 9.13. The highest BCUT2D eigenvalue weighted by Gasteiger charge is 2.18. The average molecular weight is 279 g/mol. The maximum absolute atomic E-state index is 12.1. The molecule has 0 aromatic carbocycles. The number of hydrogen-bond donors (Lipinski definition) is 2. The van der Waals surface area contributed by atoms with E-state index in [9.17, 15) is 4.79 Å². The normalized spacial score (nSPS) is 10.6. The zero-order valence-electron chi connectivity index (χ0n) is 11.0. The van der Waals surface area contributed by atoms with E-state index in [-0.39, 0.29) is 5.91 Å². The lowest BCUT2D eigenvalue weighted by Gasteiger charge is -2.06. The van der Waals surface area contributed by atoms with E-state index in [0.29, 0.717) is 36.6 Å². The summed E-state index contributed by atoms with van der Waals surface area (Å²) in [5, 5.41) is 9.05. The maximum Gasteiger partial charge on any atom is 0.271 e. The number of thiazole rings is 1. The first-order valence-electron chi connectivity index (χ1n) is 6.11. The van der Waals surface area contributed by atoms with Gasteiger partial charge >= 0.3 is 0 Å². The van der Waals surface area contributed by atoms with Gasteiger partial charge in [0.2, 0.25) is 0 Å². The van der Waals surface area contributed by atoms with E-state index < -0.39 is 0 Å². The van der Waals surface area contributed by atoms with Crippen LogP contribution < -0.4 is 11.1 Å². The number of carbonyl (C=O) groups is 1. The fraction of sp³-hybridized carbons (Fsp3) is 0.417. The molecule has 0 spiro atoms. The minimum Gasteiger partial charge on any atom is -0.395 e. The van der Waals surface area contributed by atoms with E-state index in [2.05, 4.69) is 15.4 Å². The summed E-state index contributed by atoms with van der Waals surface area (Å²) < 4.78 is 1.63. The van der Waals surface area contributed by atoms with Crippen molar-refractivity contribution in [1.82, 2.24) is 20.1 Å². The quantitative estimate of drug-likeness (QED) is 0.861. The third-order valence-corrected chi connectivity index (χ3v) is 3.47. The molecular formula is C12H17N5OS. The van der Waals surface area contributed by atoms with Crippen molar-refractivity contribution in [3.63, 3.8) is 0 Å². The highest BCUT2D eigenvalue weighted by molar-refractivity contribution is 7.07. The number of nitrogen functional groups attached to an aromatic ring is 1. The van der Waals surface area contributed by atoms with Crippen molar-refractivity contribution in [3.8, 4) is 0 Å². The van der Waals surface area contributed by atoms with Crippen LogP contribution in [0.3, 0.4) is 0 Å². The van der Waals surface area contributed by atoms with E-state index in [0.717, 1.165) is 5.69 Å². The van der Waals surface area contributed by atoms with Gasteiger partial charge in [0.05, 0.1) is 22.6 Å². The molecule has 2 heterocycles. The summed E-state index contributed by atoms with van der Waals surface area (Å²) in [7, 11) is 0. The summed E-state index contributed by atoms with van der Waals surface area (Å²) in [4.78, 5) is 16.3. The molecule has 102 valence electrons. The Morgan fingerprint density at radius 3 is 3.00 bits per heavy atom. The fourth-order valence-corrected chi connectivity index (χ4v) is 2.41. The first-order valence-corrected chi connectivity index (χ1v) is 7.06. The van der Waals surface area contributed by atoms with Gasteiger partial charge < -0.3 is 11.1 Å². The number of rotatable bonds is 5. The molecule has 2 aromatic rings. The molecular weight excluding hydrogens is 262 g/mol. The molecule has 0 aliphatic carbocycles. The second kappa shape index (κ2) is 5.83. The van der Waals surface area contributed by atoms with E-state index in [1.807, 2.05) is 12.3 Å². The topological polar surface area (TPSA) is 85.8 Å². The van der Waals surface area contributed by atoms with Gasteiger partial charge in [0.25, 0.3) is 5.91 Å². The molecule has 6 nitrogen and oxygen atoms in total. The fourth-order valence-electron chi connectivity index (χ4n) is 1.81. The maximum atomic E-state index is 12.1. The highest BCUT2D eigenvalue weighted by atomic mass is 32.1. The van der Waals surface area contributed by atoms with Crippen LogP contribution in [0.2, 0.25) is 0 Å². The first kappa shape index (κ1) is 13.5. The Morgan fingerprint density at radius 2 is 2.37 bits per heavy atom. The number of anilines is 1. The van der Waals surface area contributed by atoms with Crippen LogP contribution in [0, 0.1) is 6.92 Å². The average Bonchev–Trinajstić information content (AvgIpc) is 2.99. The number of hydrogen-bond acceptors (Lipinski definition) is 5. The van der Waals surface area contributed by atoms with Gasteiger partial charge in [-0.1, -0.05) is 0 Å². The van der Waals surface area contributed by atoms with Gasteiger partial charge in [-0.25, -0.2) is 4.98 Å². The SMILES string of the molecule is CCn1nc(C)c(N)c1C(=O)NCCc1cscn1. The van der Waals surface area contributed by atoms with Crippen molar-refractivity contribution in [2.75, 3.05) is 12.3 Å². The predicted molar refractivity (Wildman–Crippen MR) is 75.2 cm³/mol. The molecule has 19 heavy (non-hydrogen) atoms. The number of aromatic nitrogens is 3. The molecule has 0 bridgehead atoms. The lowest BCUT2D eigenvalue weighted by molar-refractivity contribution is 0.0944. The van der Waals surface area contributed by atoms with Crippen LogP contribution in [0.25, 0.3) is 0 Å². The van der Waals surface area contributed by atoms with E-state index in [4.69, 9.17) is 5.73 Å². The molecule has 0 atom stereocenters. The van der Waals surface area contributed by atoms with Crippen molar-refractivity contribution in [2.45, 2.75) is 26.8 Å². The lowest BCUT2D eigenvalue weighted by atomic mass is 10.2. The Bertz CT molecular complexity index is 561. The molecule has 0 saturated carbocycles. The number of aryl methyl sites for hydroxylation is 2. The Kier molecular flexibility index (Phi) is 4.16. The third-order valence-electron chi connectivity index (χ3n) is 2.84. The summed E-state index contributed by atoms with van der Waals surface area (Å²) in [6.07, 6.45) is 0.717. The number of nitrogens with two attached hydrogens (primary N) is 1. The number of nitrogens with one attached hydrogen (secondary N) is 1. The molecule has 0 aliphatic rings. The molecule has 0 radical (unpaired) electrons. The molecule has 1 amide bonds. The lowest BCUT2D eigenvalue weighted by Crippen LogP contribution is -2.28. The Balaban J connectivity index is 2.00. The summed E-state index contributed by atoms with van der Waals surface area (Å²) in [5.41, 5.74) is 10.2. The minimum atomic E-state index is -0.185. The molecule has 3 N–H and O–H groups in total. The van der Waals surface area contributed by atoms with Gasteiger partial charge in [-0.3, -0.25) is 9.48 Å². The van der Waals surface area contributed by atoms with Crippen molar-refractivity contribution < 1.29 is 4.79 Å². The van der Waals surface area contributed by atoms with E-state index in [1.54, 1.807) is 28.5 Å². The molecule has 0 saturated heterocycles. The molecule has 2 rings (SSSR count). The van der Waals surface area contributed by atoms with Crippen LogP contribution >= 0.6 is 11.3 Å². The predicted octanol–water partition coefficient (Wildman–Crippen LogP) is 1.22. The Hall–Kier alpha value is -1.89. The second-order valence-corrected chi connectivity index (χ2v) is 4.87. The Morgan fingerprint density at radius 1 is 1.58 bits per heavy atom. The van der Waals surface area contributed by atoms with Crippen LogP contribution in [-0.2, 0) is 13.0 Å². The van der Waals surface area contributed by atoms with Crippen molar-refractivity contribution >= 4 is 22.9 Å². The van der Waals surface area contributed by atoms with Gasteiger partial charge in [-0.05, 0) is 13.8 Å². The largest absolute Gasteiger partial charge is 0.395 e. The molecule has 2 aromatic heterocycles. The van der Waals surface area contributed by atoms with Gasteiger partial charge in [-0.2, -0.15) is 5.10 Å². The van der Waals surface area contributed by atoms with Crippen molar-refractivity contribution in [3.05, 3.63) is 28.0 Å². The monoisotopic (exact) mass is 279 g/mol. The Labute approximate surface area is 115 Å².